The molecule has 0 bridgehead atoms. The van der Waals surface area contributed by atoms with E-state index < -0.39 is 0 Å². The third-order valence-electron chi connectivity index (χ3n) is 2.09. The van der Waals surface area contributed by atoms with Crippen LogP contribution in [0.15, 0.2) is 27.7 Å². The van der Waals surface area contributed by atoms with Crippen LogP contribution in [0.4, 0.5) is 0 Å². The number of aliphatic imine (C=N–C) groups is 1. The van der Waals surface area contributed by atoms with Gasteiger partial charge in [-0.05, 0) is 18.2 Å². The second kappa shape index (κ2) is 4.00. The molecule has 0 fully saturated rings. The molecule has 1 aliphatic heterocycles. The highest BCUT2D eigenvalue weighted by molar-refractivity contribution is 9.10. The highest BCUT2D eigenvalue weighted by atomic mass is 79.9. The molecule has 0 radical (unpaired) electrons. The van der Waals surface area contributed by atoms with E-state index in [2.05, 4.69) is 26.2 Å². The summed E-state index contributed by atoms with van der Waals surface area (Å²) in [5.41, 5.74) is 1.01. The van der Waals surface area contributed by atoms with Crippen LogP contribution in [0.3, 0.4) is 0 Å². The standard InChI is InChI=1S/C10H11BrN2O/c1-14-9-3-2-7(11)6-8(9)10-12-4-5-13-10/h2-3,6H,4-5H2,1H3,(H,12,13). The summed E-state index contributed by atoms with van der Waals surface area (Å²) >= 11 is 3.43. The van der Waals surface area contributed by atoms with Gasteiger partial charge in [0.05, 0.1) is 19.2 Å². The SMILES string of the molecule is COc1ccc(Br)cc1C1=NCCN1. The van der Waals surface area contributed by atoms with Crippen molar-refractivity contribution in [3.05, 3.63) is 28.2 Å². The maximum Gasteiger partial charge on any atom is 0.132 e. The molecule has 0 saturated carbocycles. The summed E-state index contributed by atoms with van der Waals surface area (Å²) in [7, 11) is 1.67. The predicted molar refractivity (Wildman–Crippen MR) is 60.1 cm³/mol. The number of benzene rings is 1. The van der Waals surface area contributed by atoms with Crippen molar-refractivity contribution in [3.8, 4) is 5.75 Å². The lowest BCUT2D eigenvalue weighted by molar-refractivity contribution is 0.413. The molecule has 1 N–H and O–H groups in total. The van der Waals surface area contributed by atoms with Gasteiger partial charge in [-0.15, -0.1) is 0 Å². The second-order valence-electron chi connectivity index (χ2n) is 3.00. The molecule has 0 aromatic heterocycles. The fourth-order valence-corrected chi connectivity index (χ4v) is 1.80. The first-order chi connectivity index (χ1) is 6.81. The number of hydrogen-bond donors (Lipinski definition) is 1. The normalized spacial score (nSPS) is 14.9. The number of nitrogens with zero attached hydrogens (tertiary/aromatic N) is 1. The van der Waals surface area contributed by atoms with Gasteiger partial charge in [0.15, 0.2) is 0 Å². The Balaban J connectivity index is 2.43. The average molecular weight is 255 g/mol. The first kappa shape index (κ1) is 9.52. The number of halogens is 1. The van der Waals surface area contributed by atoms with E-state index in [0.29, 0.717) is 0 Å². The number of methoxy groups -OCH3 is 1. The third-order valence-corrected chi connectivity index (χ3v) is 2.58. The van der Waals surface area contributed by atoms with Crippen LogP contribution in [0, 0.1) is 0 Å². The number of amidine groups is 1. The van der Waals surface area contributed by atoms with Crippen LogP contribution in [0.2, 0.25) is 0 Å². The van der Waals surface area contributed by atoms with E-state index in [1.165, 1.54) is 0 Å². The van der Waals surface area contributed by atoms with Gasteiger partial charge in [0.25, 0.3) is 0 Å². The minimum Gasteiger partial charge on any atom is -0.496 e. The van der Waals surface area contributed by atoms with Crippen molar-refractivity contribution < 1.29 is 4.74 Å². The molecule has 1 heterocycles. The lowest BCUT2D eigenvalue weighted by atomic mass is 10.2. The van der Waals surface area contributed by atoms with Gasteiger partial charge in [-0.25, -0.2) is 0 Å². The van der Waals surface area contributed by atoms with E-state index in [0.717, 1.165) is 34.7 Å². The van der Waals surface area contributed by atoms with E-state index in [1.807, 2.05) is 18.2 Å². The molecule has 1 aromatic rings. The molecule has 1 aromatic carbocycles. The number of hydrogen-bond acceptors (Lipinski definition) is 3. The maximum atomic E-state index is 5.27. The Hall–Kier alpha value is -1.03. The highest BCUT2D eigenvalue weighted by Crippen LogP contribution is 2.23. The predicted octanol–water partition coefficient (Wildman–Crippen LogP) is 1.81. The zero-order chi connectivity index (χ0) is 9.97. The molecule has 0 amide bonds. The molecule has 0 aliphatic carbocycles. The quantitative estimate of drug-likeness (QED) is 0.874. The van der Waals surface area contributed by atoms with Gasteiger partial charge in [0, 0.05) is 11.0 Å². The zero-order valence-electron chi connectivity index (χ0n) is 7.88. The van der Waals surface area contributed by atoms with E-state index in [1.54, 1.807) is 7.11 Å². The molecule has 2 rings (SSSR count). The summed E-state index contributed by atoms with van der Waals surface area (Å²) < 4.78 is 6.30. The summed E-state index contributed by atoms with van der Waals surface area (Å²) in [6.07, 6.45) is 0. The van der Waals surface area contributed by atoms with Gasteiger partial charge in [-0.3, -0.25) is 4.99 Å². The molecule has 0 saturated heterocycles. The van der Waals surface area contributed by atoms with Crippen LogP contribution >= 0.6 is 15.9 Å². The Morgan fingerprint density at radius 2 is 2.36 bits per heavy atom. The van der Waals surface area contributed by atoms with Crippen molar-refractivity contribution in [1.82, 2.24) is 5.32 Å². The van der Waals surface area contributed by atoms with Crippen LogP contribution in [0.5, 0.6) is 5.75 Å². The molecule has 0 spiro atoms. The number of ether oxygens (including phenoxy) is 1. The Morgan fingerprint density at radius 1 is 1.50 bits per heavy atom. The summed E-state index contributed by atoms with van der Waals surface area (Å²) in [5, 5.41) is 3.22. The van der Waals surface area contributed by atoms with E-state index >= 15 is 0 Å². The topological polar surface area (TPSA) is 33.6 Å². The summed E-state index contributed by atoms with van der Waals surface area (Å²) in [6, 6.07) is 5.90. The van der Waals surface area contributed by atoms with Crippen molar-refractivity contribution in [2.75, 3.05) is 20.2 Å². The second-order valence-corrected chi connectivity index (χ2v) is 3.92. The van der Waals surface area contributed by atoms with Crippen LogP contribution in [-0.4, -0.2) is 26.0 Å². The van der Waals surface area contributed by atoms with Gasteiger partial charge in [0.1, 0.15) is 11.6 Å². The van der Waals surface area contributed by atoms with E-state index in [9.17, 15) is 0 Å². The Morgan fingerprint density at radius 3 is 3.00 bits per heavy atom. The lowest BCUT2D eigenvalue weighted by Gasteiger charge is -2.08. The molecule has 1 aliphatic rings. The molecular formula is C10H11BrN2O. The van der Waals surface area contributed by atoms with Gasteiger partial charge >= 0.3 is 0 Å². The average Bonchev–Trinajstić information content (AvgIpc) is 2.70. The van der Waals surface area contributed by atoms with Crippen molar-refractivity contribution in [2.24, 2.45) is 4.99 Å². The van der Waals surface area contributed by atoms with Gasteiger partial charge in [-0.2, -0.15) is 0 Å². The zero-order valence-corrected chi connectivity index (χ0v) is 9.47. The summed E-state index contributed by atoms with van der Waals surface area (Å²) in [6.45, 7) is 1.75. The minimum atomic E-state index is 0.838. The fraction of sp³-hybridized carbons (Fsp3) is 0.300. The van der Waals surface area contributed by atoms with Crippen molar-refractivity contribution in [2.45, 2.75) is 0 Å². The summed E-state index contributed by atoms with van der Waals surface area (Å²) in [5.74, 6) is 1.77. The molecule has 4 heteroatoms. The van der Waals surface area contributed by atoms with Crippen LogP contribution < -0.4 is 10.1 Å². The van der Waals surface area contributed by atoms with Gasteiger partial charge in [-0.1, -0.05) is 15.9 Å². The van der Waals surface area contributed by atoms with Crippen LogP contribution in [0.25, 0.3) is 0 Å². The molecule has 0 atom stereocenters. The van der Waals surface area contributed by atoms with Crippen LogP contribution in [-0.2, 0) is 0 Å². The minimum absolute atomic E-state index is 0.838. The first-order valence-electron chi connectivity index (χ1n) is 4.43. The molecular weight excluding hydrogens is 244 g/mol. The van der Waals surface area contributed by atoms with Crippen molar-refractivity contribution in [3.63, 3.8) is 0 Å². The number of nitrogens with one attached hydrogen (secondary N) is 1. The summed E-state index contributed by atoms with van der Waals surface area (Å²) in [4.78, 5) is 4.36. The largest absolute Gasteiger partial charge is 0.496 e. The lowest BCUT2D eigenvalue weighted by Crippen LogP contribution is -2.20. The Labute approximate surface area is 91.3 Å². The van der Waals surface area contributed by atoms with E-state index in [4.69, 9.17) is 4.74 Å². The third kappa shape index (κ3) is 1.75. The van der Waals surface area contributed by atoms with E-state index in [-0.39, 0.29) is 0 Å². The monoisotopic (exact) mass is 254 g/mol. The molecule has 14 heavy (non-hydrogen) atoms. The maximum absolute atomic E-state index is 5.27. The molecule has 0 unspecified atom stereocenters. The first-order valence-corrected chi connectivity index (χ1v) is 5.23. The molecule has 74 valence electrons. The van der Waals surface area contributed by atoms with Crippen LogP contribution in [0.1, 0.15) is 5.56 Å². The van der Waals surface area contributed by atoms with Gasteiger partial charge in [0.2, 0.25) is 0 Å². The fourth-order valence-electron chi connectivity index (χ4n) is 1.44. The molecule has 3 nitrogen and oxygen atoms in total. The highest BCUT2D eigenvalue weighted by Gasteiger charge is 2.13. The Bertz CT molecular complexity index is 376. The van der Waals surface area contributed by atoms with Crippen molar-refractivity contribution in [1.29, 1.82) is 0 Å². The smallest absolute Gasteiger partial charge is 0.132 e. The van der Waals surface area contributed by atoms with Gasteiger partial charge < -0.3 is 10.1 Å². The number of rotatable bonds is 2. The van der Waals surface area contributed by atoms with Crippen molar-refractivity contribution >= 4 is 21.8 Å². The Kier molecular flexibility index (Phi) is 2.72.